The highest BCUT2D eigenvalue weighted by Crippen LogP contribution is 2.29. The molecule has 19 heavy (non-hydrogen) atoms. The van der Waals surface area contributed by atoms with Crippen molar-refractivity contribution in [3.8, 4) is 11.9 Å². The molecule has 3 rings (SSSR count). The fourth-order valence-corrected chi connectivity index (χ4v) is 1.96. The van der Waals surface area contributed by atoms with E-state index in [1.165, 1.54) is 11.9 Å². The van der Waals surface area contributed by atoms with Crippen molar-refractivity contribution in [2.24, 2.45) is 0 Å². The second-order valence-electron chi connectivity index (χ2n) is 4.07. The fraction of sp³-hybridized carbons (Fsp3) is 0.154. The number of rotatable bonds is 3. The summed E-state index contributed by atoms with van der Waals surface area (Å²) in [5, 5.41) is 14.2. The molecule has 94 valence electrons. The van der Waals surface area contributed by atoms with Gasteiger partial charge in [0, 0.05) is 18.2 Å². The lowest BCUT2D eigenvalue weighted by Crippen LogP contribution is -1.98. The Hall–Kier alpha value is -2.81. The molecule has 0 bridgehead atoms. The van der Waals surface area contributed by atoms with Crippen LogP contribution < -0.4 is 15.4 Å². The second-order valence-corrected chi connectivity index (χ2v) is 4.07. The van der Waals surface area contributed by atoms with E-state index in [9.17, 15) is 0 Å². The molecule has 0 fully saturated rings. The zero-order chi connectivity index (χ0) is 13.1. The van der Waals surface area contributed by atoms with Gasteiger partial charge < -0.3 is 10.1 Å². The van der Waals surface area contributed by atoms with Crippen LogP contribution in [0.15, 0.2) is 30.6 Å². The Balaban J connectivity index is 1.81. The van der Waals surface area contributed by atoms with E-state index in [2.05, 4.69) is 20.6 Å². The van der Waals surface area contributed by atoms with Crippen LogP contribution in [0.3, 0.4) is 0 Å². The van der Waals surface area contributed by atoms with E-state index < -0.39 is 0 Å². The summed E-state index contributed by atoms with van der Waals surface area (Å²) in [6.45, 7) is 0.739. The number of fused-ring (bicyclic) bond motifs is 1. The van der Waals surface area contributed by atoms with E-state index in [-0.39, 0.29) is 0 Å². The molecule has 6 nitrogen and oxygen atoms in total. The van der Waals surface area contributed by atoms with Gasteiger partial charge in [0.25, 0.3) is 0 Å². The zero-order valence-corrected chi connectivity index (χ0v) is 10.1. The van der Waals surface area contributed by atoms with Gasteiger partial charge in [-0.3, -0.25) is 5.32 Å². The van der Waals surface area contributed by atoms with Gasteiger partial charge in [-0.05, 0) is 23.8 Å². The van der Waals surface area contributed by atoms with Crippen LogP contribution in [0.2, 0.25) is 0 Å². The molecular weight excluding hydrogens is 242 g/mol. The average molecular weight is 253 g/mol. The first-order chi connectivity index (χ1) is 9.35. The highest BCUT2D eigenvalue weighted by atomic mass is 16.5. The van der Waals surface area contributed by atoms with Crippen LogP contribution in [-0.4, -0.2) is 16.6 Å². The molecule has 0 saturated carbocycles. The quantitative estimate of drug-likeness (QED) is 0.643. The Kier molecular flexibility index (Phi) is 2.86. The van der Waals surface area contributed by atoms with Crippen LogP contribution in [0.25, 0.3) is 0 Å². The molecule has 1 aliphatic rings. The summed E-state index contributed by atoms with van der Waals surface area (Å²) in [6, 6.07) is 7.60. The molecule has 1 aromatic heterocycles. The van der Waals surface area contributed by atoms with Crippen LogP contribution in [-0.2, 0) is 6.42 Å². The summed E-state index contributed by atoms with van der Waals surface area (Å²) in [7, 11) is 0. The van der Waals surface area contributed by atoms with Crippen molar-refractivity contribution in [1.82, 2.24) is 9.97 Å². The van der Waals surface area contributed by atoms with E-state index in [0.717, 1.165) is 24.5 Å². The molecule has 0 aliphatic carbocycles. The summed E-state index contributed by atoms with van der Waals surface area (Å²) in [6.07, 6.45) is 4.15. The minimum Gasteiger partial charge on any atom is -0.493 e. The molecule has 0 amide bonds. The first-order valence-electron chi connectivity index (χ1n) is 5.85. The van der Waals surface area contributed by atoms with Crippen molar-refractivity contribution in [1.29, 1.82) is 5.26 Å². The topological polar surface area (TPSA) is 82.9 Å². The molecule has 0 spiro atoms. The lowest BCUT2D eigenvalue weighted by molar-refractivity contribution is 0.357. The zero-order valence-electron chi connectivity index (χ0n) is 10.1. The second kappa shape index (κ2) is 4.82. The van der Waals surface area contributed by atoms with Gasteiger partial charge in [0.2, 0.25) is 0 Å². The van der Waals surface area contributed by atoms with Crippen LogP contribution in [0.4, 0.5) is 17.3 Å². The van der Waals surface area contributed by atoms with E-state index in [1.807, 2.05) is 24.4 Å². The van der Waals surface area contributed by atoms with E-state index in [1.54, 1.807) is 6.07 Å². The standard InChI is InChI=1S/C13H11N5O/c14-7-15-12-6-13(17-8-16-12)18-10-1-2-11-9(5-10)3-4-19-11/h1-2,5-6,8H,3-4H2,(H2,15,16,17,18). The largest absolute Gasteiger partial charge is 0.493 e. The summed E-state index contributed by atoms with van der Waals surface area (Å²) >= 11 is 0. The third-order valence-electron chi connectivity index (χ3n) is 2.81. The number of benzene rings is 1. The predicted molar refractivity (Wildman–Crippen MR) is 70.2 cm³/mol. The third kappa shape index (κ3) is 2.40. The van der Waals surface area contributed by atoms with Gasteiger partial charge in [0.15, 0.2) is 6.19 Å². The maximum absolute atomic E-state index is 8.55. The Bertz CT molecular complexity index is 650. The van der Waals surface area contributed by atoms with Gasteiger partial charge in [0.1, 0.15) is 23.7 Å². The molecule has 2 aromatic rings. The molecule has 0 saturated heterocycles. The molecule has 1 aliphatic heterocycles. The Morgan fingerprint density at radius 1 is 1.21 bits per heavy atom. The van der Waals surface area contributed by atoms with Crippen molar-refractivity contribution < 1.29 is 4.74 Å². The van der Waals surface area contributed by atoms with E-state index in [4.69, 9.17) is 10.00 Å². The van der Waals surface area contributed by atoms with Crippen molar-refractivity contribution in [3.05, 3.63) is 36.2 Å². The van der Waals surface area contributed by atoms with Crippen molar-refractivity contribution in [3.63, 3.8) is 0 Å². The Morgan fingerprint density at radius 2 is 2.11 bits per heavy atom. The Morgan fingerprint density at radius 3 is 3.00 bits per heavy atom. The normalized spacial score (nSPS) is 12.2. The minimum atomic E-state index is 0.462. The number of nitrogens with one attached hydrogen (secondary N) is 2. The first kappa shape index (κ1) is 11.3. The van der Waals surface area contributed by atoms with Crippen LogP contribution in [0.5, 0.6) is 5.75 Å². The molecule has 1 aromatic carbocycles. The fourth-order valence-electron chi connectivity index (χ4n) is 1.96. The van der Waals surface area contributed by atoms with Gasteiger partial charge in [-0.2, -0.15) is 5.26 Å². The van der Waals surface area contributed by atoms with E-state index >= 15 is 0 Å². The Labute approximate surface area is 110 Å². The van der Waals surface area contributed by atoms with Crippen molar-refractivity contribution >= 4 is 17.3 Å². The number of ether oxygens (including phenoxy) is 1. The minimum absolute atomic E-state index is 0.462. The smallest absolute Gasteiger partial charge is 0.182 e. The van der Waals surface area contributed by atoms with Crippen LogP contribution in [0.1, 0.15) is 5.56 Å². The summed E-state index contributed by atoms with van der Waals surface area (Å²) in [5.74, 6) is 2.04. The molecule has 6 heteroatoms. The number of hydrogen-bond donors (Lipinski definition) is 2. The number of nitriles is 1. The van der Waals surface area contributed by atoms with Crippen molar-refractivity contribution in [2.75, 3.05) is 17.2 Å². The van der Waals surface area contributed by atoms with Gasteiger partial charge in [0.05, 0.1) is 6.61 Å². The summed E-state index contributed by atoms with van der Waals surface area (Å²) in [5.41, 5.74) is 2.13. The van der Waals surface area contributed by atoms with Crippen LogP contribution >= 0.6 is 0 Å². The van der Waals surface area contributed by atoms with Gasteiger partial charge in [-0.1, -0.05) is 0 Å². The average Bonchev–Trinajstić information content (AvgIpc) is 2.87. The lowest BCUT2D eigenvalue weighted by atomic mass is 10.1. The SMILES string of the molecule is N#CNc1cc(Nc2ccc3c(c2)CCO3)ncn1. The first-order valence-corrected chi connectivity index (χ1v) is 5.85. The maximum atomic E-state index is 8.55. The van der Waals surface area contributed by atoms with E-state index in [0.29, 0.717) is 11.6 Å². The number of aromatic nitrogens is 2. The third-order valence-corrected chi connectivity index (χ3v) is 2.81. The maximum Gasteiger partial charge on any atom is 0.182 e. The van der Waals surface area contributed by atoms with Gasteiger partial charge in [-0.25, -0.2) is 9.97 Å². The molecule has 2 N–H and O–H groups in total. The number of nitrogens with zero attached hydrogens (tertiary/aromatic N) is 3. The number of anilines is 3. The molecule has 0 unspecified atom stereocenters. The highest BCUT2D eigenvalue weighted by Gasteiger charge is 2.12. The summed E-state index contributed by atoms with van der Waals surface area (Å²) < 4.78 is 5.46. The van der Waals surface area contributed by atoms with Crippen LogP contribution in [0, 0.1) is 11.5 Å². The number of hydrogen-bond acceptors (Lipinski definition) is 6. The predicted octanol–water partition coefficient (Wildman–Crippen LogP) is 2.05. The van der Waals surface area contributed by atoms with Gasteiger partial charge in [-0.15, -0.1) is 0 Å². The monoisotopic (exact) mass is 253 g/mol. The molecular formula is C13H11N5O. The van der Waals surface area contributed by atoms with Crippen molar-refractivity contribution in [2.45, 2.75) is 6.42 Å². The molecule has 2 heterocycles. The van der Waals surface area contributed by atoms with Gasteiger partial charge >= 0.3 is 0 Å². The highest BCUT2D eigenvalue weighted by molar-refractivity contribution is 5.62. The lowest BCUT2D eigenvalue weighted by Gasteiger charge is -2.07. The molecule has 0 radical (unpaired) electrons. The molecule has 0 atom stereocenters. The summed E-state index contributed by atoms with van der Waals surface area (Å²) in [4.78, 5) is 8.03.